The number of anilines is 2. The number of rotatable bonds is 5. The average Bonchev–Trinajstić information content (AvgIpc) is 3.30. The zero-order chi connectivity index (χ0) is 20.7. The van der Waals surface area contributed by atoms with Crippen molar-refractivity contribution in [2.45, 2.75) is 38.3 Å². The summed E-state index contributed by atoms with van der Waals surface area (Å²) in [5.41, 5.74) is 1.48. The Labute approximate surface area is 182 Å². The molecule has 1 saturated carbocycles. The molecule has 2 bridgehead atoms. The highest BCUT2D eigenvalue weighted by Gasteiger charge is 2.42. The summed E-state index contributed by atoms with van der Waals surface area (Å²) in [6, 6.07) is 6.49. The van der Waals surface area contributed by atoms with E-state index in [1.165, 1.54) is 11.2 Å². The molecular weight excluding hydrogens is 446 g/mol. The van der Waals surface area contributed by atoms with Crippen molar-refractivity contribution in [2.75, 3.05) is 16.8 Å². The van der Waals surface area contributed by atoms with Crippen molar-refractivity contribution in [3.05, 3.63) is 52.4 Å². The first-order valence-electron chi connectivity index (χ1n) is 10.1. The lowest BCUT2D eigenvalue weighted by Gasteiger charge is -2.51. The van der Waals surface area contributed by atoms with Crippen molar-refractivity contribution < 1.29 is 4.79 Å². The summed E-state index contributed by atoms with van der Waals surface area (Å²) >= 11 is 3.44. The monoisotopic (exact) mass is 467 g/mol. The predicted molar refractivity (Wildman–Crippen MR) is 117 cm³/mol. The number of carbonyl (C=O) groups is 1. The van der Waals surface area contributed by atoms with Gasteiger partial charge in [0.25, 0.3) is 0 Å². The molecule has 1 aliphatic carbocycles. The van der Waals surface area contributed by atoms with Crippen LogP contribution in [0.1, 0.15) is 35.2 Å². The number of piperidine rings is 2. The smallest absolute Gasteiger partial charge is 0.186 e. The zero-order valence-electron chi connectivity index (χ0n) is 16.6. The van der Waals surface area contributed by atoms with Gasteiger partial charge in [-0.3, -0.25) is 4.79 Å². The minimum Gasteiger partial charge on any atom is -0.365 e. The lowest BCUT2D eigenvalue weighted by molar-refractivity contribution is 0.112. The molecule has 6 rings (SSSR count). The van der Waals surface area contributed by atoms with E-state index in [1.807, 2.05) is 31.3 Å². The van der Waals surface area contributed by atoms with Gasteiger partial charge in [-0.15, -0.1) is 4.80 Å². The van der Waals surface area contributed by atoms with E-state index in [0.717, 1.165) is 47.3 Å². The van der Waals surface area contributed by atoms with Gasteiger partial charge in [0, 0.05) is 23.3 Å². The lowest BCUT2D eigenvalue weighted by atomic mass is 9.76. The number of carbonyl (C=O) groups excluding carboxylic acids is 1. The first kappa shape index (κ1) is 19.2. The van der Waals surface area contributed by atoms with E-state index in [2.05, 4.69) is 41.3 Å². The summed E-state index contributed by atoms with van der Waals surface area (Å²) < 4.78 is 0.967. The molecule has 0 unspecified atom stereocenters. The molecule has 154 valence electrons. The molecule has 9 heteroatoms. The first-order valence-corrected chi connectivity index (χ1v) is 10.9. The van der Waals surface area contributed by atoms with Crippen molar-refractivity contribution in [2.24, 2.45) is 5.92 Å². The van der Waals surface area contributed by atoms with Gasteiger partial charge in [0.05, 0.1) is 24.0 Å². The molecular formula is C21H22BrN7O. The van der Waals surface area contributed by atoms with Crippen LogP contribution in [0.4, 0.5) is 11.6 Å². The van der Waals surface area contributed by atoms with Gasteiger partial charge in [-0.2, -0.15) is 10.2 Å². The van der Waals surface area contributed by atoms with Gasteiger partial charge in [-0.1, -0.05) is 0 Å². The number of hydrogen-bond donors (Lipinski definition) is 1. The lowest BCUT2D eigenvalue weighted by Crippen LogP contribution is -2.58. The number of halogens is 1. The Bertz CT molecular complexity index is 1050. The Balaban J connectivity index is 1.48. The van der Waals surface area contributed by atoms with Crippen molar-refractivity contribution in [3.8, 4) is 5.82 Å². The Hall–Kier alpha value is -2.81. The second kappa shape index (κ2) is 7.79. The van der Waals surface area contributed by atoms with Crippen molar-refractivity contribution in [1.29, 1.82) is 0 Å². The van der Waals surface area contributed by atoms with Crippen LogP contribution in [0.5, 0.6) is 0 Å². The van der Waals surface area contributed by atoms with Crippen molar-refractivity contribution in [1.82, 2.24) is 25.0 Å². The molecule has 5 heterocycles. The number of hydrogen-bond acceptors (Lipinski definition) is 7. The minimum absolute atomic E-state index is 0.296. The Morgan fingerprint density at radius 1 is 1.20 bits per heavy atom. The highest BCUT2D eigenvalue weighted by molar-refractivity contribution is 9.10. The first-order chi connectivity index (χ1) is 14.6. The second-order valence-electron chi connectivity index (χ2n) is 7.99. The summed E-state index contributed by atoms with van der Waals surface area (Å²) in [6.07, 6.45) is 9.26. The maximum Gasteiger partial charge on any atom is 0.186 e. The fourth-order valence-electron chi connectivity index (χ4n) is 4.72. The van der Waals surface area contributed by atoms with Gasteiger partial charge in [-0.25, -0.2) is 9.97 Å². The van der Waals surface area contributed by atoms with Crippen LogP contribution in [-0.2, 0) is 0 Å². The molecule has 3 aliphatic rings. The third kappa shape index (κ3) is 3.47. The van der Waals surface area contributed by atoms with Crippen LogP contribution in [0, 0.1) is 12.8 Å². The number of aryl methyl sites for hydroxylation is 1. The van der Waals surface area contributed by atoms with E-state index in [0.29, 0.717) is 29.4 Å². The molecule has 0 radical (unpaired) electrons. The molecule has 30 heavy (non-hydrogen) atoms. The Morgan fingerprint density at radius 3 is 2.73 bits per heavy atom. The van der Waals surface area contributed by atoms with Gasteiger partial charge < -0.3 is 10.2 Å². The molecule has 8 nitrogen and oxygen atoms in total. The molecule has 2 aliphatic heterocycles. The fraction of sp³-hybridized carbons (Fsp3) is 0.381. The quantitative estimate of drug-likeness (QED) is 0.574. The minimum atomic E-state index is 0.296. The molecule has 0 spiro atoms. The van der Waals surface area contributed by atoms with Crippen LogP contribution >= 0.6 is 15.9 Å². The largest absolute Gasteiger partial charge is 0.365 e. The number of fused-ring (bicyclic) bond motifs is 3. The molecule has 3 fully saturated rings. The third-order valence-electron chi connectivity index (χ3n) is 6.04. The van der Waals surface area contributed by atoms with Crippen LogP contribution in [0.25, 0.3) is 5.82 Å². The molecule has 3 aromatic heterocycles. The normalized spacial score (nSPS) is 22.9. The summed E-state index contributed by atoms with van der Waals surface area (Å²) in [6.45, 7) is 2.98. The van der Waals surface area contributed by atoms with E-state index in [-0.39, 0.29) is 0 Å². The Morgan fingerprint density at radius 2 is 2.03 bits per heavy atom. The SMILES string of the molecule is Cc1cc(C=O)c(-n2nccn2)nc1N1C[C@@H]2CC[C@H]1[C@H](Nc1ccc(Br)cn1)C2. The van der Waals surface area contributed by atoms with Gasteiger partial charge in [0.2, 0.25) is 0 Å². The van der Waals surface area contributed by atoms with Crippen LogP contribution in [0.15, 0.2) is 41.3 Å². The number of aldehydes is 1. The van der Waals surface area contributed by atoms with E-state index in [9.17, 15) is 4.79 Å². The Kier molecular flexibility index (Phi) is 4.98. The maximum absolute atomic E-state index is 11.6. The number of nitrogens with one attached hydrogen (secondary N) is 1. The predicted octanol–water partition coefficient (Wildman–Crippen LogP) is 3.41. The van der Waals surface area contributed by atoms with Gasteiger partial charge in [0.15, 0.2) is 12.1 Å². The topological polar surface area (TPSA) is 88.8 Å². The molecule has 0 amide bonds. The highest BCUT2D eigenvalue weighted by atomic mass is 79.9. The molecule has 1 N–H and O–H groups in total. The van der Waals surface area contributed by atoms with Crippen LogP contribution in [-0.4, -0.2) is 49.9 Å². The van der Waals surface area contributed by atoms with E-state index in [4.69, 9.17) is 4.98 Å². The molecule has 3 atom stereocenters. The molecule has 0 aromatic carbocycles. The van der Waals surface area contributed by atoms with Gasteiger partial charge >= 0.3 is 0 Å². The van der Waals surface area contributed by atoms with Gasteiger partial charge in [0.1, 0.15) is 11.6 Å². The van der Waals surface area contributed by atoms with Crippen LogP contribution in [0.2, 0.25) is 0 Å². The molecule has 3 aromatic rings. The van der Waals surface area contributed by atoms with Crippen molar-refractivity contribution in [3.63, 3.8) is 0 Å². The van der Waals surface area contributed by atoms with Crippen molar-refractivity contribution >= 4 is 33.9 Å². The summed E-state index contributed by atoms with van der Waals surface area (Å²) in [5, 5.41) is 12.0. The zero-order valence-corrected chi connectivity index (χ0v) is 18.2. The maximum atomic E-state index is 11.6. The average molecular weight is 468 g/mol. The third-order valence-corrected chi connectivity index (χ3v) is 6.51. The van der Waals surface area contributed by atoms with Gasteiger partial charge in [-0.05, 0) is 71.8 Å². The number of aromatic nitrogens is 5. The standard InChI is InChI=1S/C21H22BrN7O/c1-13-8-15(12-30)21(29-24-6-7-25-29)27-20(13)28-11-14-2-4-18(28)17(9-14)26-19-5-3-16(22)10-23-19/h3,5-8,10,12,14,17-18H,2,4,9,11H2,1H3,(H,23,26)/t14-,17-,18+/m1/s1. The van der Waals surface area contributed by atoms with E-state index < -0.39 is 0 Å². The van der Waals surface area contributed by atoms with Crippen LogP contribution < -0.4 is 10.2 Å². The number of pyridine rings is 2. The number of nitrogens with zero attached hydrogens (tertiary/aromatic N) is 6. The van der Waals surface area contributed by atoms with E-state index in [1.54, 1.807) is 12.4 Å². The second-order valence-corrected chi connectivity index (χ2v) is 8.91. The molecule has 2 saturated heterocycles. The summed E-state index contributed by atoms with van der Waals surface area (Å²) in [7, 11) is 0. The van der Waals surface area contributed by atoms with Crippen LogP contribution in [0.3, 0.4) is 0 Å². The highest BCUT2D eigenvalue weighted by Crippen LogP contribution is 2.40. The van der Waals surface area contributed by atoms with E-state index >= 15 is 0 Å². The fourth-order valence-corrected chi connectivity index (χ4v) is 4.96. The summed E-state index contributed by atoms with van der Waals surface area (Å²) in [4.78, 5) is 24.8. The summed E-state index contributed by atoms with van der Waals surface area (Å²) in [5.74, 6) is 2.85.